The molecule has 1 atom stereocenters. The lowest BCUT2D eigenvalue weighted by Gasteiger charge is -2.19. The van der Waals surface area contributed by atoms with Crippen molar-refractivity contribution < 1.29 is 14.4 Å². The fraction of sp³-hybridized carbons (Fsp3) is 0.357. The number of hydrogen-bond donors (Lipinski definition) is 3. The van der Waals surface area contributed by atoms with Crippen molar-refractivity contribution in [1.29, 1.82) is 0 Å². The van der Waals surface area contributed by atoms with Crippen molar-refractivity contribution in [2.75, 3.05) is 16.8 Å². The average Bonchev–Trinajstić information content (AvgIpc) is 2.84. The van der Waals surface area contributed by atoms with Crippen LogP contribution < -0.4 is 21.3 Å². The zero-order chi connectivity index (χ0) is 16.3. The number of urea groups is 1. The number of halogens is 1. The van der Waals surface area contributed by atoms with Gasteiger partial charge in [0, 0.05) is 18.7 Å². The first-order chi connectivity index (χ1) is 10.4. The zero-order valence-corrected chi connectivity index (χ0v) is 12.8. The molecular weight excluding hydrogens is 308 g/mol. The van der Waals surface area contributed by atoms with Gasteiger partial charge in [-0.15, -0.1) is 0 Å². The van der Waals surface area contributed by atoms with Crippen LogP contribution >= 0.6 is 11.6 Å². The SMILES string of the molecule is C[C@H](Nc1ccc(N2CCCC2=O)c(Cl)c1)C(=O)NC(N)=O. The number of nitrogens with two attached hydrogens (primary N) is 1. The Labute approximate surface area is 132 Å². The second-order valence-corrected chi connectivity index (χ2v) is 5.44. The molecule has 8 heteroatoms. The molecule has 1 aliphatic heterocycles. The lowest BCUT2D eigenvalue weighted by molar-refractivity contribution is -0.120. The number of benzene rings is 1. The predicted octanol–water partition coefficient (Wildman–Crippen LogP) is 1.46. The van der Waals surface area contributed by atoms with E-state index >= 15 is 0 Å². The van der Waals surface area contributed by atoms with E-state index in [4.69, 9.17) is 17.3 Å². The van der Waals surface area contributed by atoms with Gasteiger partial charge in [0.1, 0.15) is 6.04 Å². The van der Waals surface area contributed by atoms with Gasteiger partial charge in [0.25, 0.3) is 0 Å². The molecule has 7 nitrogen and oxygen atoms in total. The van der Waals surface area contributed by atoms with Crippen LogP contribution in [0, 0.1) is 0 Å². The molecule has 4 amide bonds. The molecule has 0 saturated carbocycles. The first kappa shape index (κ1) is 16.1. The number of carbonyl (C=O) groups is 3. The molecule has 0 radical (unpaired) electrons. The second-order valence-electron chi connectivity index (χ2n) is 5.03. The van der Waals surface area contributed by atoms with Crippen molar-refractivity contribution >= 4 is 40.8 Å². The van der Waals surface area contributed by atoms with E-state index in [1.54, 1.807) is 30.0 Å². The molecule has 1 fully saturated rings. The second kappa shape index (κ2) is 6.65. The van der Waals surface area contributed by atoms with Crippen molar-refractivity contribution in [3.8, 4) is 0 Å². The molecule has 0 aliphatic carbocycles. The highest BCUT2D eigenvalue weighted by molar-refractivity contribution is 6.34. The summed E-state index contributed by atoms with van der Waals surface area (Å²) < 4.78 is 0. The van der Waals surface area contributed by atoms with E-state index in [1.807, 2.05) is 5.32 Å². The van der Waals surface area contributed by atoms with Crippen LogP contribution in [0.25, 0.3) is 0 Å². The molecule has 118 valence electrons. The van der Waals surface area contributed by atoms with Crippen LogP contribution in [0.4, 0.5) is 16.2 Å². The zero-order valence-electron chi connectivity index (χ0n) is 12.1. The quantitative estimate of drug-likeness (QED) is 0.779. The summed E-state index contributed by atoms with van der Waals surface area (Å²) in [6.07, 6.45) is 1.35. The normalized spacial score (nSPS) is 15.5. The molecule has 0 spiro atoms. The van der Waals surface area contributed by atoms with Crippen molar-refractivity contribution in [2.24, 2.45) is 5.73 Å². The molecule has 1 aromatic rings. The van der Waals surface area contributed by atoms with Gasteiger partial charge < -0.3 is 16.0 Å². The molecule has 0 bridgehead atoms. The molecule has 2 rings (SSSR count). The van der Waals surface area contributed by atoms with Gasteiger partial charge in [-0.05, 0) is 31.5 Å². The number of anilines is 2. The molecule has 22 heavy (non-hydrogen) atoms. The minimum Gasteiger partial charge on any atom is -0.374 e. The largest absolute Gasteiger partial charge is 0.374 e. The molecule has 1 aliphatic rings. The maximum atomic E-state index is 11.7. The van der Waals surface area contributed by atoms with Gasteiger partial charge in [-0.1, -0.05) is 11.6 Å². The van der Waals surface area contributed by atoms with Crippen LogP contribution in [0.15, 0.2) is 18.2 Å². The summed E-state index contributed by atoms with van der Waals surface area (Å²) in [4.78, 5) is 35.6. The summed E-state index contributed by atoms with van der Waals surface area (Å²) in [5.74, 6) is -0.487. The Morgan fingerprint density at radius 2 is 2.14 bits per heavy atom. The maximum absolute atomic E-state index is 11.7. The summed E-state index contributed by atoms with van der Waals surface area (Å²) in [5.41, 5.74) is 6.15. The van der Waals surface area contributed by atoms with Crippen LogP contribution in [0.2, 0.25) is 5.02 Å². The number of carbonyl (C=O) groups excluding carboxylic acids is 3. The first-order valence-corrected chi connectivity index (χ1v) is 7.23. The summed E-state index contributed by atoms with van der Waals surface area (Å²) in [6.45, 7) is 2.24. The molecule has 4 N–H and O–H groups in total. The number of primary amides is 1. The van der Waals surface area contributed by atoms with E-state index in [2.05, 4.69) is 5.32 Å². The minimum atomic E-state index is -0.903. The number of rotatable bonds is 4. The Balaban J connectivity index is 2.07. The number of amides is 4. The number of hydrogen-bond acceptors (Lipinski definition) is 4. The van der Waals surface area contributed by atoms with E-state index in [0.29, 0.717) is 29.4 Å². The minimum absolute atomic E-state index is 0.0526. The van der Waals surface area contributed by atoms with Gasteiger partial charge in [-0.25, -0.2) is 4.79 Å². The summed E-state index contributed by atoms with van der Waals surface area (Å²) in [6, 6.07) is 3.52. The lowest BCUT2D eigenvalue weighted by atomic mass is 10.2. The number of nitrogens with one attached hydrogen (secondary N) is 2. The summed E-state index contributed by atoms with van der Waals surface area (Å²) in [7, 11) is 0. The highest BCUT2D eigenvalue weighted by Gasteiger charge is 2.23. The Kier molecular flexibility index (Phi) is 4.87. The smallest absolute Gasteiger partial charge is 0.318 e. The third-order valence-corrected chi connectivity index (χ3v) is 3.64. The summed E-state index contributed by atoms with van der Waals surface area (Å²) in [5, 5.41) is 5.32. The van der Waals surface area contributed by atoms with E-state index in [-0.39, 0.29) is 5.91 Å². The third-order valence-electron chi connectivity index (χ3n) is 3.33. The molecule has 0 aromatic heterocycles. The molecule has 0 unspecified atom stereocenters. The van der Waals surface area contributed by atoms with E-state index in [9.17, 15) is 14.4 Å². The van der Waals surface area contributed by atoms with Crippen LogP contribution in [0.3, 0.4) is 0 Å². The van der Waals surface area contributed by atoms with Crippen molar-refractivity contribution in [1.82, 2.24) is 5.32 Å². The summed E-state index contributed by atoms with van der Waals surface area (Å²) >= 11 is 6.21. The molecular formula is C14H17ClN4O3. The van der Waals surface area contributed by atoms with Gasteiger partial charge in [-0.2, -0.15) is 0 Å². The third kappa shape index (κ3) is 3.67. The maximum Gasteiger partial charge on any atom is 0.318 e. The highest BCUT2D eigenvalue weighted by atomic mass is 35.5. The van der Waals surface area contributed by atoms with E-state index in [0.717, 1.165) is 6.42 Å². The first-order valence-electron chi connectivity index (χ1n) is 6.85. The van der Waals surface area contributed by atoms with Crippen LogP contribution in [-0.4, -0.2) is 30.4 Å². The Bertz CT molecular complexity index is 620. The molecule has 1 aromatic carbocycles. The van der Waals surface area contributed by atoms with Crippen molar-refractivity contribution in [3.63, 3.8) is 0 Å². The Hall–Kier alpha value is -2.28. The fourth-order valence-corrected chi connectivity index (χ4v) is 2.55. The van der Waals surface area contributed by atoms with Gasteiger partial charge in [0.2, 0.25) is 11.8 Å². The standard InChI is InChI=1S/C14H17ClN4O3/c1-8(13(21)18-14(16)22)17-9-4-5-11(10(15)7-9)19-6-2-3-12(19)20/h4-5,7-8,17H,2-3,6H2,1H3,(H3,16,18,21,22)/t8-/m0/s1. The highest BCUT2D eigenvalue weighted by Crippen LogP contribution is 2.31. The van der Waals surface area contributed by atoms with Crippen molar-refractivity contribution in [3.05, 3.63) is 23.2 Å². The monoisotopic (exact) mass is 324 g/mol. The Morgan fingerprint density at radius 1 is 1.41 bits per heavy atom. The van der Waals surface area contributed by atoms with Gasteiger partial charge in [-0.3, -0.25) is 14.9 Å². The van der Waals surface area contributed by atoms with E-state index in [1.165, 1.54) is 0 Å². The molecule has 1 saturated heterocycles. The number of imide groups is 1. The van der Waals surface area contributed by atoms with E-state index < -0.39 is 18.0 Å². The predicted molar refractivity (Wildman–Crippen MR) is 83.8 cm³/mol. The van der Waals surface area contributed by atoms with Crippen molar-refractivity contribution in [2.45, 2.75) is 25.8 Å². The van der Waals surface area contributed by atoms with Crippen LogP contribution in [0.1, 0.15) is 19.8 Å². The van der Waals surface area contributed by atoms with Crippen LogP contribution in [0.5, 0.6) is 0 Å². The van der Waals surface area contributed by atoms with Gasteiger partial charge in [0.05, 0.1) is 10.7 Å². The van der Waals surface area contributed by atoms with Gasteiger partial charge in [0.15, 0.2) is 0 Å². The Morgan fingerprint density at radius 3 is 2.68 bits per heavy atom. The van der Waals surface area contributed by atoms with Gasteiger partial charge >= 0.3 is 6.03 Å². The van der Waals surface area contributed by atoms with Crippen LogP contribution in [-0.2, 0) is 9.59 Å². The lowest BCUT2D eigenvalue weighted by Crippen LogP contribution is -2.43. The fourth-order valence-electron chi connectivity index (χ4n) is 2.26. The topological polar surface area (TPSA) is 105 Å². The average molecular weight is 325 g/mol. The number of nitrogens with zero attached hydrogens (tertiary/aromatic N) is 1. The molecule has 1 heterocycles.